The Morgan fingerprint density at radius 1 is 1.06 bits per heavy atom. The van der Waals surface area contributed by atoms with Gasteiger partial charge in [-0.05, 0) is 55.2 Å². The lowest BCUT2D eigenvalue weighted by molar-refractivity contribution is 0.0602. The van der Waals surface area contributed by atoms with Gasteiger partial charge in [0.15, 0.2) is 5.69 Å². The number of benzene rings is 2. The van der Waals surface area contributed by atoms with Crippen LogP contribution in [-0.4, -0.2) is 47.1 Å². The quantitative estimate of drug-likeness (QED) is 0.638. The van der Waals surface area contributed by atoms with E-state index in [1.165, 1.54) is 0 Å². The van der Waals surface area contributed by atoms with Crippen LogP contribution in [0.25, 0.3) is 11.3 Å². The van der Waals surface area contributed by atoms with Gasteiger partial charge in [0, 0.05) is 49.3 Å². The first-order chi connectivity index (χ1) is 16.6. The second kappa shape index (κ2) is 9.13. The molecule has 2 fully saturated rings. The Morgan fingerprint density at radius 3 is 2.47 bits per heavy atom. The maximum Gasteiger partial charge on any atom is 0.253 e. The smallest absolute Gasteiger partial charge is 0.253 e. The minimum Gasteiger partial charge on any atom is -0.381 e. The van der Waals surface area contributed by atoms with Crippen molar-refractivity contribution in [2.24, 2.45) is 0 Å². The molecule has 1 N–H and O–H groups in total. The lowest BCUT2D eigenvalue weighted by atomic mass is 9.90. The molecule has 1 aromatic heterocycles. The van der Waals surface area contributed by atoms with E-state index in [1.54, 1.807) is 0 Å². The topological polar surface area (TPSA) is 106 Å². The van der Waals surface area contributed by atoms with Crippen molar-refractivity contribution >= 4 is 5.91 Å². The molecule has 5 rings (SSSR count). The Bertz CT molecular complexity index is 1300. The third-order valence-electron chi connectivity index (χ3n) is 6.87. The van der Waals surface area contributed by atoms with E-state index in [9.17, 15) is 10.1 Å². The number of rotatable bonds is 4. The van der Waals surface area contributed by atoms with Crippen molar-refractivity contribution in [2.45, 2.75) is 31.6 Å². The largest absolute Gasteiger partial charge is 0.381 e. The first kappa shape index (κ1) is 21.9. The molecular formula is C27H25N5O2. The molecule has 3 heterocycles. The number of likely N-dealkylation sites (tertiary alicyclic amines) is 1. The number of amides is 1. The molecule has 0 bridgehead atoms. The van der Waals surface area contributed by atoms with Gasteiger partial charge in [0.05, 0.1) is 17.3 Å². The highest BCUT2D eigenvalue weighted by Gasteiger charge is 2.32. The van der Waals surface area contributed by atoms with E-state index in [0.717, 1.165) is 35.4 Å². The first-order valence-electron chi connectivity index (χ1n) is 11.6. The number of nitrogens with zero attached hydrogens (tertiary/aromatic N) is 4. The van der Waals surface area contributed by atoms with Gasteiger partial charge in [-0.2, -0.15) is 10.5 Å². The number of hydrogen-bond acceptors (Lipinski definition) is 5. The highest BCUT2D eigenvalue weighted by molar-refractivity contribution is 5.96. The summed E-state index contributed by atoms with van der Waals surface area (Å²) >= 11 is 0. The summed E-state index contributed by atoms with van der Waals surface area (Å²) < 4.78 is 5.45. The summed E-state index contributed by atoms with van der Waals surface area (Å²) in [6.45, 7) is 4.67. The number of H-pyrrole nitrogens is 1. The molecule has 170 valence electrons. The Morgan fingerprint density at radius 2 is 1.79 bits per heavy atom. The third kappa shape index (κ3) is 4.07. The Kier molecular flexibility index (Phi) is 5.88. The number of carbonyl (C=O) groups excluding carboxylic acids is 1. The van der Waals surface area contributed by atoms with Crippen molar-refractivity contribution < 1.29 is 9.53 Å². The number of aromatic amines is 1. The van der Waals surface area contributed by atoms with E-state index in [2.05, 4.69) is 22.1 Å². The van der Waals surface area contributed by atoms with Gasteiger partial charge in [0.1, 0.15) is 11.9 Å². The Balaban J connectivity index is 1.35. The second-order valence-corrected chi connectivity index (χ2v) is 9.01. The summed E-state index contributed by atoms with van der Waals surface area (Å²) in [6.07, 6.45) is 1.76. The zero-order chi connectivity index (χ0) is 23.7. The number of nitrogens with one attached hydrogen (secondary N) is 1. The van der Waals surface area contributed by atoms with Crippen LogP contribution in [0.4, 0.5) is 0 Å². The average Bonchev–Trinajstić information content (AvgIpc) is 3.28. The molecule has 0 atom stereocenters. The molecule has 0 saturated carbocycles. The molecule has 0 spiro atoms. The highest BCUT2D eigenvalue weighted by atomic mass is 16.5. The maximum atomic E-state index is 13.2. The molecule has 0 unspecified atom stereocenters. The van der Waals surface area contributed by atoms with Gasteiger partial charge in [-0.3, -0.25) is 4.79 Å². The summed E-state index contributed by atoms with van der Waals surface area (Å²) in [5.41, 5.74) is 5.23. The van der Waals surface area contributed by atoms with Crippen molar-refractivity contribution in [3.63, 3.8) is 0 Å². The van der Waals surface area contributed by atoms with Gasteiger partial charge in [-0.15, -0.1) is 0 Å². The van der Waals surface area contributed by atoms with Crippen LogP contribution < -0.4 is 0 Å². The highest BCUT2D eigenvalue weighted by Crippen LogP contribution is 2.33. The van der Waals surface area contributed by atoms with Gasteiger partial charge in [-0.25, -0.2) is 4.98 Å². The zero-order valence-corrected chi connectivity index (χ0v) is 19.0. The molecule has 2 saturated heterocycles. The maximum absolute atomic E-state index is 13.2. The van der Waals surface area contributed by atoms with E-state index in [0.29, 0.717) is 48.8 Å². The molecule has 2 aliphatic rings. The van der Waals surface area contributed by atoms with Crippen molar-refractivity contribution in [2.75, 3.05) is 26.3 Å². The first-order valence-corrected chi connectivity index (χ1v) is 11.6. The van der Waals surface area contributed by atoms with Crippen LogP contribution in [0, 0.1) is 29.6 Å². The second-order valence-electron chi connectivity index (χ2n) is 9.01. The lowest BCUT2D eigenvalue weighted by Crippen LogP contribution is -2.48. The summed E-state index contributed by atoms with van der Waals surface area (Å²) in [5, 5.41) is 18.7. The molecule has 7 nitrogen and oxygen atoms in total. The van der Waals surface area contributed by atoms with Crippen molar-refractivity contribution in [1.29, 1.82) is 10.5 Å². The Hall–Kier alpha value is -3.94. The van der Waals surface area contributed by atoms with Gasteiger partial charge < -0.3 is 14.6 Å². The molecule has 0 aliphatic carbocycles. The Labute approximate surface area is 198 Å². The van der Waals surface area contributed by atoms with E-state index in [-0.39, 0.29) is 17.7 Å². The molecule has 34 heavy (non-hydrogen) atoms. The lowest BCUT2D eigenvalue weighted by Gasteiger charge is -2.39. The van der Waals surface area contributed by atoms with Crippen molar-refractivity contribution in [1.82, 2.24) is 14.9 Å². The van der Waals surface area contributed by atoms with Crippen molar-refractivity contribution in [3.05, 3.63) is 76.2 Å². The van der Waals surface area contributed by atoms with Crippen LogP contribution in [0.3, 0.4) is 0 Å². The van der Waals surface area contributed by atoms with Gasteiger partial charge in [-0.1, -0.05) is 18.2 Å². The van der Waals surface area contributed by atoms with E-state index < -0.39 is 0 Å². The minimum absolute atomic E-state index is 0.0196. The fraction of sp³-hybridized carbons (Fsp3) is 0.333. The van der Waals surface area contributed by atoms with Crippen LogP contribution in [-0.2, 0) is 4.74 Å². The van der Waals surface area contributed by atoms with E-state index >= 15 is 0 Å². The van der Waals surface area contributed by atoms with Crippen LogP contribution in [0.1, 0.15) is 63.2 Å². The number of carbonyl (C=O) groups is 1. The minimum atomic E-state index is -0.0196. The zero-order valence-electron chi connectivity index (χ0n) is 19.0. The summed E-state index contributed by atoms with van der Waals surface area (Å²) in [5.74, 6) is 1.33. The normalized spacial score (nSPS) is 16.5. The van der Waals surface area contributed by atoms with E-state index in [4.69, 9.17) is 10.00 Å². The average molecular weight is 452 g/mol. The molecule has 0 radical (unpaired) electrons. The third-order valence-corrected chi connectivity index (χ3v) is 6.87. The molecule has 2 aromatic carbocycles. The molecular weight excluding hydrogens is 426 g/mol. The number of imidazole rings is 1. The predicted molar refractivity (Wildman–Crippen MR) is 126 cm³/mol. The van der Waals surface area contributed by atoms with Crippen LogP contribution in [0.15, 0.2) is 42.5 Å². The summed E-state index contributed by atoms with van der Waals surface area (Å²) in [4.78, 5) is 23.0. The molecule has 2 aliphatic heterocycles. The monoisotopic (exact) mass is 451 g/mol. The molecule has 1 amide bonds. The molecule has 3 aromatic rings. The number of nitriles is 2. The number of aryl methyl sites for hydroxylation is 1. The van der Waals surface area contributed by atoms with Gasteiger partial charge >= 0.3 is 0 Å². The standard InChI is InChI=1S/C27H25N5O2/c1-17-2-5-21(27(33)32-15-22(16-32)19-6-3-18(13-28)4-7-19)12-23(17)25-24(14-29)30-26(31-25)20-8-10-34-11-9-20/h2-7,12,20,22H,8-11,15-16H2,1H3,(H,30,31). The van der Waals surface area contributed by atoms with Gasteiger partial charge in [0.25, 0.3) is 5.91 Å². The number of ether oxygens (including phenoxy) is 1. The fourth-order valence-electron chi connectivity index (χ4n) is 4.72. The number of hydrogen-bond donors (Lipinski definition) is 1. The summed E-state index contributed by atoms with van der Waals surface area (Å²) in [6, 6.07) is 17.6. The van der Waals surface area contributed by atoms with Gasteiger partial charge in [0.2, 0.25) is 0 Å². The van der Waals surface area contributed by atoms with Crippen LogP contribution in [0.2, 0.25) is 0 Å². The predicted octanol–water partition coefficient (Wildman–Crippen LogP) is 4.26. The molecule has 7 heteroatoms. The van der Waals surface area contributed by atoms with Crippen LogP contribution in [0.5, 0.6) is 0 Å². The van der Waals surface area contributed by atoms with Crippen molar-refractivity contribution in [3.8, 4) is 23.4 Å². The van der Waals surface area contributed by atoms with Crippen LogP contribution >= 0.6 is 0 Å². The van der Waals surface area contributed by atoms with E-state index in [1.807, 2.05) is 54.3 Å². The number of aromatic nitrogens is 2. The summed E-state index contributed by atoms with van der Waals surface area (Å²) in [7, 11) is 0. The SMILES string of the molecule is Cc1ccc(C(=O)N2CC(c3ccc(C#N)cc3)C2)cc1-c1[nH]c(C2CCOCC2)nc1C#N. The fourth-order valence-corrected chi connectivity index (χ4v) is 4.72.